The summed E-state index contributed by atoms with van der Waals surface area (Å²) in [4.78, 5) is 1.33. The number of rotatable bonds is 6. The van der Waals surface area contributed by atoms with Crippen molar-refractivity contribution in [1.29, 1.82) is 0 Å². The molecule has 1 aromatic heterocycles. The molecule has 1 aromatic rings. The van der Waals surface area contributed by atoms with E-state index in [4.69, 9.17) is 5.11 Å². The molecule has 0 saturated carbocycles. The third-order valence-electron chi connectivity index (χ3n) is 2.00. The Kier molecular flexibility index (Phi) is 5.05. The first-order valence-corrected chi connectivity index (χ1v) is 5.61. The lowest BCUT2D eigenvalue weighted by Gasteiger charge is -2.14. The van der Waals surface area contributed by atoms with Crippen LogP contribution in [0.1, 0.15) is 24.6 Å². The van der Waals surface area contributed by atoms with Gasteiger partial charge >= 0.3 is 0 Å². The van der Waals surface area contributed by atoms with Gasteiger partial charge in [-0.05, 0) is 17.9 Å². The molecule has 1 unspecified atom stereocenters. The number of thiophene rings is 1. The van der Waals surface area contributed by atoms with Crippen LogP contribution in [0.4, 0.5) is 0 Å². The van der Waals surface area contributed by atoms with Crippen LogP contribution in [0.5, 0.6) is 0 Å². The van der Waals surface area contributed by atoms with Crippen molar-refractivity contribution in [2.45, 2.75) is 32.4 Å². The van der Waals surface area contributed by atoms with Crippen LogP contribution in [0.15, 0.2) is 17.5 Å². The number of hydrogen-bond acceptors (Lipinski definition) is 3. The first-order valence-electron chi connectivity index (χ1n) is 4.73. The molecule has 0 aliphatic heterocycles. The Balaban J connectivity index is 2.23. The van der Waals surface area contributed by atoms with Crippen LogP contribution in [-0.4, -0.2) is 17.8 Å². The lowest BCUT2D eigenvalue weighted by Crippen LogP contribution is -2.31. The minimum Gasteiger partial charge on any atom is -0.395 e. The number of hydrogen-bond donors (Lipinski definition) is 2. The summed E-state index contributed by atoms with van der Waals surface area (Å²) in [7, 11) is 0. The third-order valence-corrected chi connectivity index (χ3v) is 2.88. The van der Waals surface area contributed by atoms with Crippen molar-refractivity contribution in [3.05, 3.63) is 22.4 Å². The fraction of sp³-hybridized carbons (Fsp3) is 0.600. The first-order chi connectivity index (χ1) is 6.36. The quantitative estimate of drug-likeness (QED) is 0.734. The lowest BCUT2D eigenvalue weighted by molar-refractivity contribution is 0.234. The van der Waals surface area contributed by atoms with Crippen molar-refractivity contribution in [2.75, 3.05) is 6.61 Å². The van der Waals surface area contributed by atoms with Crippen molar-refractivity contribution in [1.82, 2.24) is 5.32 Å². The van der Waals surface area contributed by atoms with Crippen molar-refractivity contribution in [3.63, 3.8) is 0 Å². The molecule has 1 rings (SSSR count). The molecule has 0 spiro atoms. The predicted octanol–water partition coefficient (Wildman–Crippen LogP) is 2.00. The Morgan fingerprint density at radius 2 is 2.46 bits per heavy atom. The van der Waals surface area contributed by atoms with E-state index in [0.717, 1.165) is 19.4 Å². The standard InChI is InChI=1S/C10H17NOS/c1-2-4-9(8-12)11-7-10-5-3-6-13-10/h3,5-6,9,11-12H,2,4,7-8H2,1H3. The van der Waals surface area contributed by atoms with E-state index in [1.807, 2.05) is 0 Å². The van der Waals surface area contributed by atoms with Crippen LogP contribution in [0, 0.1) is 0 Å². The minimum absolute atomic E-state index is 0.235. The van der Waals surface area contributed by atoms with Crippen LogP contribution >= 0.6 is 11.3 Å². The Bertz CT molecular complexity index is 211. The molecule has 1 heterocycles. The summed E-state index contributed by atoms with van der Waals surface area (Å²) in [6, 6.07) is 4.42. The second-order valence-corrected chi connectivity index (χ2v) is 4.16. The van der Waals surface area contributed by atoms with E-state index in [-0.39, 0.29) is 12.6 Å². The van der Waals surface area contributed by atoms with Gasteiger partial charge in [-0.25, -0.2) is 0 Å². The first kappa shape index (κ1) is 10.7. The van der Waals surface area contributed by atoms with Gasteiger partial charge in [-0.2, -0.15) is 0 Å². The van der Waals surface area contributed by atoms with Gasteiger partial charge in [0.15, 0.2) is 0 Å². The molecule has 3 heteroatoms. The van der Waals surface area contributed by atoms with Gasteiger partial charge in [-0.3, -0.25) is 0 Å². The molecule has 0 aromatic carbocycles. The molecule has 0 radical (unpaired) electrons. The second kappa shape index (κ2) is 6.13. The fourth-order valence-electron chi connectivity index (χ4n) is 1.26. The fourth-order valence-corrected chi connectivity index (χ4v) is 1.92. The van der Waals surface area contributed by atoms with Gasteiger partial charge in [0, 0.05) is 17.5 Å². The van der Waals surface area contributed by atoms with Crippen molar-refractivity contribution in [3.8, 4) is 0 Å². The van der Waals surface area contributed by atoms with Gasteiger partial charge in [0.2, 0.25) is 0 Å². The maximum absolute atomic E-state index is 9.03. The van der Waals surface area contributed by atoms with Crippen LogP contribution < -0.4 is 5.32 Å². The second-order valence-electron chi connectivity index (χ2n) is 3.13. The van der Waals surface area contributed by atoms with Gasteiger partial charge in [0.05, 0.1) is 6.61 Å². The van der Waals surface area contributed by atoms with E-state index in [9.17, 15) is 0 Å². The zero-order valence-corrected chi connectivity index (χ0v) is 8.81. The summed E-state index contributed by atoms with van der Waals surface area (Å²) < 4.78 is 0. The lowest BCUT2D eigenvalue weighted by atomic mass is 10.2. The Morgan fingerprint density at radius 3 is 3.00 bits per heavy atom. The molecule has 1 atom stereocenters. The van der Waals surface area contributed by atoms with E-state index in [0.29, 0.717) is 0 Å². The summed E-state index contributed by atoms with van der Waals surface area (Å²) in [6.07, 6.45) is 2.16. The largest absolute Gasteiger partial charge is 0.395 e. The van der Waals surface area contributed by atoms with E-state index in [1.54, 1.807) is 11.3 Å². The molecule has 74 valence electrons. The van der Waals surface area contributed by atoms with Crippen molar-refractivity contribution < 1.29 is 5.11 Å². The Hall–Kier alpha value is -0.380. The van der Waals surface area contributed by atoms with Crippen LogP contribution in [0.3, 0.4) is 0 Å². The normalized spacial score (nSPS) is 13.1. The zero-order chi connectivity index (χ0) is 9.52. The van der Waals surface area contributed by atoms with Gasteiger partial charge in [0.25, 0.3) is 0 Å². The molecule has 0 aliphatic carbocycles. The smallest absolute Gasteiger partial charge is 0.0584 e. The number of aliphatic hydroxyl groups is 1. The van der Waals surface area contributed by atoms with Crippen LogP contribution in [-0.2, 0) is 6.54 Å². The topological polar surface area (TPSA) is 32.3 Å². The van der Waals surface area contributed by atoms with Gasteiger partial charge in [-0.15, -0.1) is 11.3 Å². The predicted molar refractivity (Wildman–Crippen MR) is 56.9 cm³/mol. The number of nitrogens with one attached hydrogen (secondary N) is 1. The molecule has 0 amide bonds. The Labute approximate surface area is 83.6 Å². The molecule has 0 bridgehead atoms. The Morgan fingerprint density at radius 1 is 1.62 bits per heavy atom. The van der Waals surface area contributed by atoms with Crippen molar-refractivity contribution >= 4 is 11.3 Å². The van der Waals surface area contributed by atoms with E-state index in [2.05, 4.69) is 29.8 Å². The summed E-state index contributed by atoms with van der Waals surface area (Å²) in [5, 5.41) is 14.4. The summed E-state index contributed by atoms with van der Waals surface area (Å²) in [5.74, 6) is 0. The van der Waals surface area contributed by atoms with Gasteiger partial charge in [0.1, 0.15) is 0 Å². The van der Waals surface area contributed by atoms with Gasteiger partial charge < -0.3 is 10.4 Å². The van der Waals surface area contributed by atoms with E-state index >= 15 is 0 Å². The highest BCUT2D eigenvalue weighted by molar-refractivity contribution is 7.09. The maximum Gasteiger partial charge on any atom is 0.0584 e. The van der Waals surface area contributed by atoms with E-state index in [1.165, 1.54) is 4.88 Å². The average molecular weight is 199 g/mol. The molecule has 0 fully saturated rings. The monoisotopic (exact) mass is 199 g/mol. The zero-order valence-electron chi connectivity index (χ0n) is 7.99. The third kappa shape index (κ3) is 3.89. The van der Waals surface area contributed by atoms with Crippen LogP contribution in [0.25, 0.3) is 0 Å². The summed E-state index contributed by atoms with van der Waals surface area (Å²) in [5.41, 5.74) is 0. The molecule has 0 aliphatic rings. The average Bonchev–Trinajstić information content (AvgIpc) is 2.64. The maximum atomic E-state index is 9.03. The highest BCUT2D eigenvalue weighted by Gasteiger charge is 2.04. The summed E-state index contributed by atoms with van der Waals surface area (Å²) in [6.45, 7) is 3.25. The minimum atomic E-state index is 0.235. The highest BCUT2D eigenvalue weighted by atomic mass is 32.1. The van der Waals surface area contributed by atoms with Crippen LogP contribution in [0.2, 0.25) is 0 Å². The molecule has 0 saturated heterocycles. The van der Waals surface area contributed by atoms with Crippen molar-refractivity contribution in [2.24, 2.45) is 0 Å². The molecular weight excluding hydrogens is 182 g/mol. The SMILES string of the molecule is CCCC(CO)NCc1cccs1. The molecule has 2 N–H and O–H groups in total. The van der Waals surface area contributed by atoms with E-state index < -0.39 is 0 Å². The molecule has 2 nitrogen and oxygen atoms in total. The van der Waals surface area contributed by atoms with Gasteiger partial charge in [-0.1, -0.05) is 19.4 Å². The summed E-state index contributed by atoms with van der Waals surface area (Å²) >= 11 is 1.75. The highest BCUT2D eigenvalue weighted by Crippen LogP contribution is 2.08. The molecular formula is C10H17NOS. The molecule has 13 heavy (non-hydrogen) atoms. The number of aliphatic hydroxyl groups excluding tert-OH is 1.